The molecule has 0 aliphatic heterocycles. The van der Waals surface area contributed by atoms with E-state index in [1.54, 1.807) is 0 Å². The van der Waals surface area contributed by atoms with E-state index in [1.165, 1.54) is 16.7 Å². The zero-order chi connectivity index (χ0) is 38.3. The third-order valence-electron chi connectivity index (χ3n) is 10.3. The van der Waals surface area contributed by atoms with Crippen LogP contribution >= 0.6 is 0 Å². The summed E-state index contributed by atoms with van der Waals surface area (Å²) in [5.41, 5.74) is 13.6. The second-order valence-corrected chi connectivity index (χ2v) is 17.4. The first kappa shape index (κ1) is 36.7. The highest BCUT2D eigenvalue weighted by atomic mass is 15.0. The molecule has 0 amide bonds. The molecule has 0 aliphatic carbocycles. The monoisotopic (exact) mass is 705 g/mol. The van der Waals surface area contributed by atoms with Crippen molar-refractivity contribution in [1.82, 2.24) is 15.0 Å². The molecule has 0 radical (unpaired) electrons. The summed E-state index contributed by atoms with van der Waals surface area (Å²) in [6.07, 6.45) is 0. The van der Waals surface area contributed by atoms with Crippen LogP contribution in [0.2, 0.25) is 0 Å². The van der Waals surface area contributed by atoms with Gasteiger partial charge in [0.2, 0.25) is 0 Å². The maximum absolute atomic E-state index is 5.30. The van der Waals surface area contributed by atoms with Gasteiger partial charge in [0.15, 0.2) is 17.5 Å². The van der Waals surface area contributed by atoms with E-state index < -0.39 is 0 Å². The molecule has 1 heterocycles. The first-order valence-corrected chi connectivity index (χ1v) is 19.0. The van der Waals surface area contributed by atoms with Gasteiger partial charge in [-0.3, -0.25) is 0 Å². The first-order valence-electron chi connectivity index (χ1n) is 19.0. The Bertz CT molecular complexity index is 2110. The van der Waals surface area contributed by atoms with Crippen LogP contribution in [0.1, 0.15) is 79.0 Å². The molecule has 270 valence electrons. The Hall–Kier alpha value is -5.67. The van der Waals surface area contributed by atoms with Gasteiger partial charge in [-0.1, -0.05) is 208 Å². The SMILES string of the molecule is CC(C)(C)c1ccc(-c2ccccc2-c2nc(-c3ccccc3-c3ccc(C(C)(C)C)cc3)nc(-c3ccccc3-c3ccc(C(C)(C)C)cc3)n2)cc1. The largest absolute Gasteiger partial charge is 0.208 e. The van der Waals surface area contributed by atoms with Gasteiger partial charge in [0.05, 0.1) is 0 Å². The van der Waals surface area contributed by atoms with E-state index in [9.17, 15) is 0 Å². The molecule has 6 aromatic carbocycles. The molecule has 0 saturated carbocycles. The van der Waals surface area contributed by atoms with E-state index >= 15 is 0 Å². The fourth-order valence-corrected chi connectivity index (χ4v) is 6.98. The minimum absolute atomic E-state index is 0.0664. The summed E-state index contributed by atoms with van der Waals surface area (Å²) in [5.74, 6) is 1.92. The summed E-state index contributed by atoms with van der Waals surface area (Å²) in [7, 11) is 0. The van der Waals surface area contributed by atoms with Crippen LogP contribution in [-0.2, 0) is 16.2 Å². The lowest BCUT2D eigenvalue weighted by molar-refractivity contribution is 0.590. The normalized spacial score (nSPS) is 12.2. The molecule has 0 atom stereocenters. The van der Waals surface area contributed by atoms with Crippen LogP contribution in [0, 0.1) is 0 Å². The Balaban J connectivity index is 1.43. The fourth-order valence-electron chi connectivity index (χ4n) is 6.98. The molecule has 0 fully saturated rings. The Morgan fingerprint density at radius 3 is 0.667 bits per heavy atom. The summed E-state index contributed by atoms with van der Waals surface area (Å²) in [6.45, 7) is 20.2. The van der Waals surface area contributed by atoms with Crippen molar-refractivity contribution >= 4 is 0 Å². The van der Waals surface area contributed by atoms with Crippen molar-refractivity contribution < 1.29 is 0 Å². The summed E-state index contributed by atoms with van der Waals surface area (Å²) in [4.78, 5) is 15.9. The summed E-state index contributed by atoms with van der Waals surface area (Å²) in [5, 5.41) is 0. The van der Waals surface area contributed by atoms with Crippen molar-refractivity contribution in [2.45, 2.75) is 78.6 Å². The molecular weight excluding hydrogens is 655 g/mol. The minimum atomic E-state index is 0.0664. The number of aromatic nitrogens is 3. The van der Waals surface area contributed by atoms with Crippen LogP contribution in [0.4, 0.5) is 0 Å². The second kappa shape index (κ2) is 14.3. The maximum atomic E-state index is 5.30. The zero-order valence-electron chi connectivity index (χ0n) is 33.2. The van der Waals surface area contributed by atoms with Crippen LogP contribution in [0.5, 0.6) is 0 Å². The van der Waals surface area contributed by atoms with E-state index in [0.717, 1.165) is 50.1 Å². The molecule has 7 aromatic rings. The van der Waals surface area contributed by atoms with Crippen LogP contribution in [0.15, 0.2) is 146 Å². The van der Waals surface area contributed by atoms with Gasteiger partial charge in [0.25, 0.3) is 0 Å². The van der Waals surface area contributed by atoms with Crippen LogP contribution in [0.25, 0.3) is 67.5 Å². The Kier molecular flexibility index (Phi) is 9.70. The van der Waals surface area contributed by atoms with Gasteiger partial charge in [0, 0.05) is 16.7 Å². The molecule has 0 aliphatic rings. The molecule has 3 heteroatoms. The second-order valence-electron chi connectivity index (χ2n) is 17.4. The topological polar surface area (TPSA) is 38.7 Å². The molecule has 1 aromatic heterocycles. The predicted molar refractivity (Wildman–Crippen MR) is 229 cm³/mol. The Morgan fingerprint density at radius 1 is 0.259 bits per heavy atom. The van der Waals surface area contributed by atoms with Gasteiger partial charge in [-0.15, -0.1) is 0 Å². The molecule has 0 N–H and O–H groups in total. The summed E-state index contributed by atoms with van der Waals surface area (Å²) >= 11 is 0. The molecule has 0 unspecified atom stereocenters. The van der Waals surface area contributed by atoms with E-state index in [4.69, 9.17) is 15.0 Å². The van der Waals surface area contributed by atoms with Crippen molar-refractivity contribution in [1.29, 1.82) is 0 Å². The summed E-state index contributed by atoms with van der Waals surface area (Å²) in [6, 6.07) is 52.1. The molecule has 0 spiro atoms. The Morgan fingerprint density at radius 2 is 0.463 bits per heavy atom. The Labute approximate surface area is 322 Å². The number of nitrogens with zero attached hydrogens (tertiary/aromatic N) is 3. The van der Waals surface area contributed by atoms with Gasteiger partial charge in [-0.25, -0.2) is 15.0 Å². The third-order valence-corrected chi connectivity index (χ3v) is 10.3. The van der Waals surface area contributed by atoms with Crippen molar-refractivity contribution in [3.63, 3.8) is 0 Å². The van der Waals surface area contributed by atoms with Crippen molar-refractivity contribution in [3.8, 4) is 67.5 Å². The third kappa shape index (κ3) is 7.68. The fraction of sp³-hybridized carbons (Fsp3) is 0.235. The highest BCUT2D eigenvalue weighted by Crippen LogP contribution is 2.38. The average molecular weight is 706 g/mol. The van der Waals surface area contributed by atoms with E-state index in [1.807, 2.05) is 0 Å². The van der Waals surface area contributed by atoms with Gasteiger partial charge < -0.3 is 0 Å². The van der Waals surface area contributed by atoms with Gasteiger partial charge >= 0.3 is 0 Å². The molecule has 0 bridgehead atoms. The predicted octanol–water partition coefficient (Wildman–Crippen LogP) is 13.8. The lowest BCUT2D eigenvalue weighted by Crippen LogP contribution is -2.10. The lowest BCUT2D eigenvalue weighted by Gasteiger charge is -2.20. The molecule has 7 rings (SSSR count). The highest BCUT2D eigenvalue weighted by Gasteiger charge is 2.21. The van der Waals surface area contributed by atoms with Crippen molar-refractivity contribution in [3.05, 3.63) is 162 Å². The zero-order valence-corrected chi connectivity index (χ0v) is 33.2. The van der Waals surface area contributed by atoms with Crippen LogP contribution in [0.3, 0.4) is 0 Å². The summed E-state index contributed by atoms with van der Waals surface area (Å²) < 4.78 is 0. The average Bonchev–Trinajstić information content (AvgIpc) is 3.17. The smallest absolute Gasteiger partial charge is 0.164 e. The molecule has 0 saturated heterocycles. The molecule has 54 heavy (non-hydrogen) atoms. The van der Waals surface area contributed by atoms with Crippen molar-refractivity contribution in [2.75, 3.05) is 0 Å². The maximum Gasteiger partial charge on any atom is 0.164 e. The van der Waals surface area contributed by atoms with Gasteiger partial charge in [0.1, 0.15) is 0 Å². The van der Waals surface area contributed by atoms with E-state index in [0.29, 0.717) is 17.5 Å². The first-order chi connectivity index (χ1) is 25.7. The quantitative estimate of drug-likeness (QED) is 0.173. The van der Waals surface area contributed by atoms with Gasteiger partial charge in [-0.05, 0) is 66.3 Å². The number of hydrogen-bond acceptors (Lipinski definition) is 3. The number of hydrogen-bond donors (Lipinski definition) is 0. The van der Waals surface area contributed by atoms with Crippen molar-refractivity contribution in [2.24, 2.45) is 0 Å². The van der Waals surface area contributed by atoms with E-state index in [2.05, 4.69) is 208 Å². The molecule has 3 nitrogen and oxygen atoms in total. The number of benzene rings is 6. The van der Waals surface area contributed by atoms with E-state index in [-0.39, 0.29) is 16.2 Å². The van der Waals surface area contributed by atoms with Crippen LogP contribution < -0.4 is 0 Å². The molecular formula is C51H51N3. The van der Waals surface area contributed by atoms with Gasteiger partial charge in [-0.2, -0.15) is 0 Å². The standard InChI is InChI=1S/C51H51N3/c1-49(2,3)37-28-22-34(23-29-37)40-16-10-13-19-43(40)46-52-47(44-20-14-11-17-41(44)35-24-30-38(31-25-35)50(4,5)6)54-48(53-46)45-21-15-12-18-42(45)36-26-32-39(33-27-36)51(7,8)9/h10-33H,1-9H3. The van der Waals surface area contributed by atoms with Crippen LogP contribution in [-0.4, -0.2) is 15.0 Å². The lowest BCUT2D eigenvalue weighted by atomic mass is 9.86. The highest BCUT2D eigenvalue weighted by molar-refractivity contribution is 5.87. The minimum Gasteiger partial charge on any atom is -0.208 e. The number of rotatable bonds is 6.